The zero-order chi connectivity index (χ0) is 18.1. The molecule has 0 aromatic carbocycles. The lowest BCUT2D eigenvalue weighted by atomic mass is 9.53. The highest BCUT2D eigenvalue weighted by Gasteiger charge is 2.80. The molecule has 2 aliphatic carbocycles. The number of carbonyl (C=O) groups is 2. The van der Waals surface area contributed by atoms with Crippen LogP contribution in [0.2, 0.25) is 0 Å². The molecule has 2 fully saturated rings. The van der Waals surface area contributed by atoms with Crippen LogP contribution in [0.3, 0.4) is 0 Å². The number of fused-ring (bicyclic) bond motifs is 1. The maximum absolute atomic E-state index is 13.2. The summed E-state index contributed by atoms with van der Waals surface area (Å²) in [6, 6.07) is 0. The molecule has 134 valence electrons. The second-order valence-corrected chi connectivity index (χ2v) is 7.85. The van der Waals surface area contributed by atoms with Gasteiger partial charge in [-0.3, -0.25) is 4.79 Å². The molecule has 0 bridgehead atoms. The predicted octanol–water partition coefficient (Wildman–Crippen LogP) is 3.91. The first kappa shape index (κ1) is 16.6. The summed E-state index contributed by atoms with van der Waals surface area (Å²) in [4.78, 5) is 25.8. The SMILES string of the molecule is CC=C(C)C(=O)O[C@@H]1c2c(C)coc2C(=O)[C@@]23O[C@@H]2CC[C@H](C)[C@@]13C. The summed E-state index contributed by atoms with van der Waals surface area (Å²) in [5.41, 5.74) is 0.576. The first-order valence-electron chi connectivity index (χ1n) is 8.93. The van der Waals surface area contributed by atoms with Crippen molar-refractivity contribution in [3.8, 4) is 0 Å². The number of Topliss-reactive ketones (excluding diaryl/α,β-unsaturated/α-hetero) is 1. The number of ether oxygens (including phenoxy) is 2. The van der Waals surface area contributed by atoms with Gasteiger partial charge in [-0.25, -0.2) is 4.79 Å². The maximum atomic E-state index is 13.2. The van der Waals surface area contributed by atoms with Gasteiger partial charge in [-0.15, -0.1) is 0 Å². The molecule has 2 heterocycles. The van der Waals surface area contributed by atoms with Gasteiger partial charge < -0.3 is 13.9 Å². The molecule has 5 heteroatoms. The van der Waals surface area contributed by atoms with E-state index in [4.69, 9.17) is 13.9 Å². The van der Waals surface area contributed by atoms with Gasteiger partial charge in [0.05, 0.1) is 17.8 Å². The monoisotopic (exact) mass is 344 g/mol. The first-order valence-corrected chi connectivity index (χ1v) is 8.93. The van der Waals surface area contributed by atoms with Gasteiger partial charge in [-0.2, -0.15) is 0 Å². The van der Waals surface area contributed by atoms with E-state index in [1.807, 2.05) is 20.8 Å². The molecular weight excluding hydrogens is 320 g/mol. The Bertz CT molecular complexity index is 803. The molecule has 1 aromatic rings. The molecule has 1 aliphatic heterocycles. The Hall–Kier alpha value is -1.88. The lowest BCUT2D eigenvalue weighted by Gasteiger charge is -2.49. The lowest BCUT2D eigenvalue weighted by molar-refractivity contribution is -0.161. The van der Waals surface area contributed by atoms with E-state index in [1.165, 1.54) is 0 Å². The Morgan fingerprint density at radius 3 is 2.80 bits per heavy atom. The Labute approximate surface area is 147 Å². The van der Waals surface area contributed by atoms with E-state index in [9.17, 15) is 9.59 Å². The topological polar surface area (TPSA) is 69.0 Å². The fraction of sp³-hybridized carbons (Fsp3) is 0.600. The van der Waals surface area contributed by atoms with Crippen molar-refractivity contribution >= 4 is 11.8 Å². The molecule has 25 heavy (non-hydrogen) atoms. The number of aryl methyl sites for hydroxylation is 1. The number of esters is 1. The van der Waals surface area contributed by atoms with Gasteiger partial charge in [-0.05, 0) is 45.1 Å². The van der Waals surface area contributed by atoms with Crippen LogP contribution in [0, 0.1) is 18.3 Å². The number of allylic oxidation sites excluding steroid dienone is 1. The van der Waals surface area contributed by atoms with E-state index in [2.05, 4.69) is 6.92 Å². The van der Waals surface area contributed by atoms with Gasteiger partial charge in [0.15, 0.2) is 11.4 Å². The summed E-state index contributed by atoms with van der Waals surface area (Å²) in [5, 5.41) is 0. The zero-order valence-electron chi connectivity index (χ0n) is 15.3. The van der Waals surface area contributed by atoms with Crippen molar-refractivity contribution in [1.82, 2.24) is 0 Å². The van der Waals surface area contributed by atoms with E-state index < -0.39 is 17.1 Å². The predicted molar refractivity (Wildman–Crippen MR) is 90.1 cm³/mol. The smallest absolute Gasteiger partial charge is 0.334 e. The van der Waals surface area contributed by atoms with Crippen molar-refractivity contribution in [3.05, 3.63) is 34.8 Å². The van der Waals surface area contributed by atoms with E-state index in [-0.39, 0.29) is 23.8 Å². The molecular formula is C20H24O5. The van der Waals surface area contributed by atoms with Crippen LogP contribution in [0.15, 0.2) is 22.3 Å². The van der Waals surface area contributed by atoms with Gasteiger partial charge in [0.1, 0.15) is 6.10 Å². The molecule has 4 rings (SSSR count). The summed E-state index contributed by atoms with van der Waals surface area (Å²) in [7, 11) is 0. The quantitative estimate of drug-likeness (QED) is 0.462. The molecule has 1 spiro atoms. The summed E-state index contributed by atoms with van der Waals surface area (Å²) in [6.07, 6.45) is 4.44. The van der Waals surface area contributed by atoms with Gasteiger partial charge in [0, 0.05) is 11.1 Å². The van der Waals surface area contributed by atoms with Crippen LogP contribution in [0.25, 0.3) is 0 Å². The van der Waals surface area contributed by atoms with Crippen molar-refractivity contribution in [2.24, 2.45) is 11.3 Å². The molecule has 0 unspecified atom stereocenters. The minimum atomic E-state index is -0.920. The second kappa shape index (κ2) is 5.07. The minimum Gasteiger partial charge on any atom is -0.460 e. The molecule has 3 aliphatic rings. The third-order valence-electron chi connectivity index (χ3n) is 6.76. The van der Waals surface area contributed by atoms with Crippen LogP contribution < -0.4 is 0 Å². The van der Waals surface area contributed by atoms with Gasteiger partial charge in [0.25, 0.3) is 0 Å². The second-order valence-electron chi connectivity index (χ2n) is 7.85. The van der Waals surface area contributed by atoms with Crippen LogP contribution >= 0.6 is 0 Å². The average molecular weight is 344 g/mol. The van der Waals surface area contributed by atoms with Crippen molar-refractivity contribution in [2.75, 3.05) is 0 Å². The van der Waals surface area contributed by atoms with Gasteiger partial charge in [-0.1, -0.05) is 19.9 Å². The number of rotatable bonds is 2. The summed E-state index contributed by atoms with van der Waals surface area (Å²) >= 11 is 0. The van der Waals surface area contributed by atoms with E-state index >= 15 is 0 Å². The Morgan fingerprint density at radius 2 is 2.12 bits per heavy atom. The molecule has 5 nitrogen and oxygen atoms in total. The third-order valence-corrected chi connectivity index (χ3v) is 6.76. The van der Waals surface area contributed by atoms with Crippen molar-refractivity contribution in [1.29, 1.82) is 0 Å². The number of epoxide rings is 1. The fourth-order valence-electron chi connectivity index (χ4n) is 4.81. The fourth-order valence-corrected chi connectivity index (χ4v) is 4.81. The van der Waals surface area contributed by atoms with Gasteiger partial charge in [0.2, 0.25) is 5.78 Å². The summed E-state index contributed by atoms with van der Waals surface area (Å²) < 4.78 is 17.6. The average Bonchev–Trinajstić information content (AvgIpc) is 3.23. The largest absolute Gasteiger partial charge is 0.460 e. The summed E-state index contributed by atoms with van der Waals surface area (Å²) in [5.74, 6) is 0.0216. The van der Waals surface area contributed by atoms with Crippen LogP contribution in [-0.4, -0.2) is 23.5 Å². The lowest BCUT2D eigenvalue weighted by Crippen LogP contribution is -2.57. The number of hydrogen-bond donors (Lipinski definition) is 0. The molecule has 1 saturated carbocycles. The minimum absolute atomic E-state index is 0.0929. The summed E-state index contributed by atoms with van der Waals surface area (Å²) in [6.45, 7) is 9.59. The standard InChI is InChI=1S/C20H24O5/c1-6-10(2)18(22)24-17-14-11(3)9-23-15(14)16(21)20-13(25-20)8-7-12(4)19(17,20)5/h6,9,12-13,17H,7-8H2,1-5H3/t12-,13+,17+,19-,20-/m0/s1. The molecule has 1 saturated heterocycles. The highest BCUT2D eigenvalue weighted by Crippen LogP contribution is 2.69. The molecule has 0 N–H and O–H groups in total. The van der Waals surface area contributed by atoms with Crippen LogP contribution in [0.4, 0.5) is 0 Å². The number of ketones is 1. The number of carbonyl (C=O) groups excluding carboxylic acids is 2. The van der Waals surface area contributed by atoms with Crippen LogP contribution in [0.5, 0.6) is 0 Å². The third kappa shape index (κ3) is 1.82. The number of hydrogen-bond acceptors (Lipinski definition) is 5. The van der Waals surface area contributed by atoms with E-state index in [0.717, 1.165) is 18.4 Å². The van der Waals surface area contributed by atoms with E-state index in [0.29, 0.717) is 16.9 Å². The normalized spacial score (nSPS) is 39.3. The molecule has 0 amide bonds. The molecule has 1 aromatic heterocycles. The highest BCUT2D eigenvalue weighted by molar-refractivity contribution is 6.06. The van der Waals surface area contributed by atoms with Crippen molar-refractivity contribution in [2.45, 2.75) is 65.3 Å². The van der Waals surface area contributed by atoms with Crippen molar-refractivity contribution < 1.29 is 23.5 Å². The first-order chi connectivity index (χ1) is 11.8. The zero-order valence-corrected chi connectivity index (χ0v) is 15.3. The van der Waals surface area contributed by atoms with Crippen LogP contribution in [-0.2, 0) is 14.3 Å². The van der Waals surface area contributed by atoms with E-state index in [1.54, 1.807) is 19.3 Å². The maximum Gasteiger partial charge on any atom is 0.334 e. The Kier molecular flexibility index (Phi) is 3.36. The molecule has 5 atom stereocenters. The Balaban J connectivity index is 1.90. The highest BCUT2D eigenvalue weighted by atomic mass is 16.6. The van der Waals surface area contributed by atoms with Crippen molar-refractivity contribution in [3.63, 3.8) is 0 Å². The molecule has 0 radical (unpaired) electrons. The van der Waals surface area contributed by atoms with Crippen LogP contribution in [0.1, 0.15) is 68.3 Å². The Morgan fingerprint density at radius 1 is 1.40 bits per heavy atom. The van der Waals surface area contributed by atoms with Gasteiger partial charge >= 0.3 is 5.97 Å². The number of furan rings is 1.